The molecular formula is C40H52N2O9. The van der Waals surface area contributed by atoms with Crippen LogP contribution in [0.15, 0.2) is 71.9 Å². The van der Waals surface area contributed by atoms with Gasteiger partial charge in [-0.05, 0) is 79.8 Å². The number of aliphatic hydroxyl groups is 2. The van der Waals surface area contributed by atoms with Gasteiger partial charge in [0, 0.05) is 43.2 Å². The first-order valence-corrected chi connectivity index (χ1v) is 18.1. The van der Waals surface area contributed by atoms with Crippen molar-refractivity contribution in [3.63, 3.8) is 0 Å². The smallest absolute Gasteiger partial charge is 0.409 e. The van der Waals surface area contributed by atoms with Crippen molar-refractivity contribution in [1.29, 1.82) is 0 Å². The van der Waals surface area contributed by atoms with E-state index in [0.717, 1.165) is 43.1 Å². The number of nitrogens with zero attached hydrogens (tertiary/aromatic N) is 2. The number of ether oxygens (including phenoxy) is 4. The molecule has 2 N–H and O–H groups in total. The van der Waals surface area contributed by atoms with Crippen molar-refractivity contribution in [3.05, 3.63) is 77.9 Å². The third kappa shape index (κ3) is 8.00. The van der Waals surface area contributed by atoms with Crippen LogP contribution in [0.3, 0.4) is 0 Å². The molecule has 11 nitrogen and oxygen atoms in total. The highest BCUT2D eigenvalue weighted by Gasteiger charge is 2.65. The van der Waals surface area contributed by atoms with E-state index in [-0.39, 0.29) is 37.6 Å². The number of carbonyl (C=O) groups is 2. The quantitative estimate of drug-likeness (QED) is 0.0725. The molecule has 11 heteroatoms. The molecule has 6 atom stereocenters. The number of aldehydes is 1. The van der Waals surface area contributed by atoms with Crippen LogP contribution in [-0.4, -0.2) is 85.6 Å². The number of oxime groups is 1. The number of benzene rings is 2. The highest BCUT2D eigenvalue weighted by atomic mass is 16.7. The number of methoxy groups -OCH3 is 1. The second-order valence-electron chi connectivity index (χ2n) is 13.4. The molecule has 0 radical (unpaired) electrons. The summed E-state index contributed by atoms with van der Waals surface area (Å²) in [6, 6.07) is 12.1. The van der Waals surface area contributed by atoms with Crippen LogP contribution in [0.1, 0.15) is 80.1 Å². The zero-order valence-corrected chi connectivity index (χ0v) is 30.0. The SMILES string of the molecule is C=CCOC12Oc3ccc(Oc4cccc(C=O)c4)cc3C3C(CCCCO)C(CCCCO)C=C(C(=NOC)CC1N(CCC)C(=O)OC)C32. The van der Waals surface area contributed by atoms with Gasteiger partial charge in [0.2, 0.25) is 5.79 Å². The van der Waals surface area contributed by atoms with Crippen LogP contribution in [0.25, 0.3) is 0 Å². The van der Waals surface area contributed by atoms with E-state index in [1.807, 2.05) is 31.2 Å². The lowest BCUT2D eigenvalue weighted by atomic mass is 9.55. The van der Waals surface area contributed by atoms with Crippen LogP contribution in [0.4, 0.5) is 4.79 Å². The maximum atomic E-state index is 13.6. The lowest BCUT2D eigenvalue weighted by Crippen LogP contribution is -2.70. The summed E-state index contributed by atoms with van der Waals surface area (Å²) in [5, 5.41) is 24.1. The molecule has 1 amide bonds. The monoisotopic (exact) mass is 704 g/mol. The van der Waals surface area contributed by atoms with Gasteiger partial charge in [0.1, 0.15) is 36.7 Å². The number of unbranched alkanes of at least 4 members (excludes halogenated alkanes) is 2. The fourth-order valence-electron chi connectivity index (χ4n) is 8.34. The lowest BCUT2D eigenvalue weighted by molar-refractivity contribution is -0.255. The summed E-state index contributed by atoms with van der Waals surface area (Å²) in [6.07, 6.45) is 9.92. The van der Waals surface area contributed by atoms with Crippen LogP contribution < -0.4 is 9.47 Å². The molecule has 276 valence electrons. The van der Waals surface area contributed by atoms with Crippen LogP contribution in [0, 0.1) is 17.8 Å². The fraction of sp³-hybridized carbons (Fsp3) is 0.525. The topological polar surface area (TPSA) is 136 Å². The molecule has 0 bridgehead atoms. The second kappa shape index (κ2) is 17.8. The van der Waals surface area contributed by atoms with E-state index in [0.29, 0.717) is 60.8 Å². The molecule has 0 saturated heterocycles. The van der Waals surface area contributed by atoms with E-state index in [1.54, 1.807) is 29.2 Å². The van der Waals surface area contributed by atoms with Gasteiger partial charge >= 0.3 is 6.09 Å². The van der Waals surface area contributed by atoms with Crippen LogP contribution >= 0.6 is 0 Å². The normalized spacial score (nSPS) is 25.5. The predicted octanol–water partition coefficient (Wildman–Crippen LogP) is 7.03. The van der Waals surface area contributed by atoms with Crippen molar-refractivity contribution in [2.24, 2.45) is 22.9 Å². The lowest BCUT2D eigenvalue weighted by Gasteiger charge is -2.59. The number of hydrogen-bond donors (Lipinski definition) is 2. The number of rotatable bonds is 18. The van der Waals surface area contributed by atoms with Crippen LogP contribution in [0.2, 0.25) is 0 Å². The van der Waals surface area contributed by atoms with Gasteiger partial charge in [-0.25, -0.2) is 4.79 Å². The Morgan fingerprint density at radius 2 is 1.84 bits per heavy atom. The third-order valence-electron chi connectivity index (χ3n) is 10.3. The predicted molar refractivity (Wildman–Crippen MR) is 193 cm³/mol. The second-order valence-corrected chi connectivity index (χ2v) is 13.4. The summed E-state index contributed by atoms with van der Waals surface area (Å²) in [4.78, 5) is 32.2. The molecule has 5 rings (SSSR count). The summed E-state index contributed by atoms with van der Waals surface area (Å²) in [7, 11) is 2.90. The Kier molecular flexibility index (Phi) is 13.3. The minimum absolute atomic E-state index is 0.0762. The van der Waals surface area contributed by atoms with Crippen molar-refractivity contribution in [2.75, 3.05) is 40.6 Å². The van der Waals surface area contributed by atoms with E-state index in [2.05, 4.69) is 17.8 Å². The van der Waals surface area contributed by atoms with Gasteiger partial charge in [0.05, 0.1) is 25.3 Å². The van der Waals surface area contributed by atoms with E-state index in [4.69, 9.17) is 23.8 Å². The van der Waals surface area contributed by atoms with Crippen molar-refractivity contribution >= 4 is 18.1 Å². The van der Waals surface area contributed by atoms with Gasteiger partial charge in [-0.15, -0.1) is 6.58 Å². The molecule has 2 aliphatic carbocycles. The molecule has 0 aromatic heterocycles. The largest absolute Gasteiger partial charge is 0.459 e. The van der Waals surface area contributed by atoms with Crippen molar-refractivity contribution in [1.82, 2.24) is 4.90 Å². The van der Waals surface area contributed by atoms with Crippen molar-refractivity contribution in [2.45, 2.75) is 76.0 Å². The summed E-state index contributed by atoms with van der Waals surface area (Å²) >= 11 is 0. The van der Waals surface area contributed by atoms with Gasteiger partial charge in [-0.3, -0.25) is 9.69 Å². The standard InChI is InChI=1S/C40H52N2O9/c1-5-18-42(39(46)47-3)36-25-34(41-48-4)32-23-28(13-7-9-19-43)31(15-8-10-20-44)37-33-24-30(50-29-14-11-12-27(22-29)26-45)16-17-35(33)51-40(36,38(32)37)49-21-6-2/h6,11-12,14,16-17,22-24,26,28,31,36-38,43-44H,2,5,7-10,13,15,18-21,25H2,1,3-4H3. The zero-order chi connectivity index (χ0) is 36.4. The molecule has 6 unspecified atom stereocenters. The molecule has 2 aromatic carbocycles. The first-order valence-electron chi connectivity index (χ1n) is 18.1. The molecule has 1 saturated carbocycles. The zero-order valence-electron chi connectivity index (χ0n) is 30.0. The van der Waals surface area contributed by atoms with Crippen LogP contribution in [-0.2, 0) is 14.3 Å². The van der Waals surface area contributed by atoms with Crippen molar-refractivity contribution < 1.29 is 43.6 Å². The Morgan fingerprint density at radius 1 is 1.08 bits per heavy atom. The number of hydrogen-bond acceptors (Lipinski definition) is 10. The summed E-state index contributed by atoms with van der Waals surface area (Å²) < 4.78 is 25.7. The molecule has 2 aromatic rings. The Labute approximate surface area is 300 Å². The Morgan fingerprint density at radius 3 is 2.53 bits per heavy atom. The molecule has 1 aliphatic heterocycles. The number of amides is 1. The van der Waals surface area contributed by atoms with E-state index in [9.17, 15) is 19.8 Å². The van der Waals surface area contributed by atoms with Crippen LogP contribution in [0.5, 0.6) is 17.2 Å². The molecule has 1 fully saturated rings. The van der Waals surface area contributed by atoms with E-state index in [1.165, 1.54) is 14.2 Å². The first kappa shape index (κ1) is 38.1. The maximum absolute atomic E-state index is 13.6. The Bertz CT molecular complexity index is 1570. The fourth-order valence-corrected chi connectivity index (χ4v) is 8.34. The average molecular weight is 705 g/mol. The summed E-state index contributed by atoms with van der Waals surface area (Å²) in [5.41, 5.74) is 3.11. The van der Waals surface area contributed by atoms with Gasteiger partial charge < -0.3 is 34.0 Å². The van der Waals surface area contributed by atoms with Crippen molar-refractivity contribution in [3.8, 4) is 17.2 Å². The Hall–Kier alpha value is -4.19. The van der Waals surface area contributed by atoms with E-state index < -0.39 is 23.8 Å². The van der Waals surface area contributed by atoms with Gasteiger partial charge in [0.15, 0.2) is 0 Å². The minimum Gasteiger partial charge on any atom is -0.459 e. The first-order chi connectivity index (χ1) is 24.9. The van der Waals surface area contributed by atoms with E-state index >= 15 is 0 Å². The van der Waals surface area contributed by atoms with Gasteiger partial charge in [-0.2, -0.15) is 0 Å². The third-order valence-corrected chi connectivity index (χ3v) is 10.3. The van der Waals surface area contributed by atoms with Gasteiger partial charge in [-0.1, -0.05) is 49.2 Å². The summed E-state index contributed by atoms with van der Waals surface area (Å²) in [5.74, 6) is -0.0410. The number of carbonyl (C=O) groups excluding carboxylic acids is 2. The molecule has 3 aliphatic rings. The number of aliphatic hydroxyl groups excluding tert-OH is 2. The average Bonchev–Trinajstić information content (AvgIpc) is 3.15. The maximum Gasteiger partial charge on any atom is 0.409 e. The highest BCUT2D eigenvalue weighted by Crippen LogP contribution is 2.62. The Balaban J connectivity index is 1.76. The number of allylic oxidation sites excluding steroid dienone is 1. The number of fused-ring (bicyclic) bond motifs is 2. The highest BCUT2D eigenvalue weighted by molar-refractivity contribution is 6.03. The minimum atomic E-state index is -1.35. The molecule has 51 heavy (non-hydrogen) atoms. The summed E-state index contributed by atoms with van der Waals surface area (Å²) in [6.45, 7) is 6.74. The molecular weight excluding hydrogens is 652 g/mol. The molecule has 1 heterocycles. The van der Waals surface area contributed by atoms with Gasteiger partial charge in [0.25, 0.3) is 0 Å². The molecule has 0 spiro atoms.